The maximum absolute atomic E-state index is 11.7. The van der Waals surface area contributed by atoms with Crippen LogP contribution in [0.2, 0.25) is 0 Å². The fourth-order valence-electron chi connectivity index (χ4n) is 2.38. The minimum atomic E-state index is -0.427. The molecule has 1 saturated carbocycles. The highest BCUT2D eigenvalue weighted by molar-refractivity contribution is 5.68. The Morgan fingerprint density at radius 2 is 1.80 bits per heavy atom. The number of amides is 1. The van der Waals surface area contributed by atoms with Crippen LogP contribution in [-0.4, -0.2) is 30.3 Å². The summed E-state index contributed by atoms with van der Waals surface area (Å²) in [6.07, 6.45) is 4.83. The highest BCUT2D eigenvalue weighted by Gasteiger charge is 2.24. The van der Waals surface area contributed by atoms with E-state index in [0.29, 0.717) is 6.04 Å². The van der Waals surface area contributed by atoms with Crippen LogP contribution in [0.15, 0.2) is 0 Å². The first kappa shape index (κ1) is 16.8. The van der Waals surface area contributed by atoms with Crippen molar-refractivity contribution in [3.63, 3.8) is 0 Å². The summed E-state index contributed by atoms with van der Waals surface area (Å²) < 4.78 is 5.28. The number of hydrogen-bond donors (Lipinski definition) is 2. The Morgan fingerprint density at radius 1 is 1.20 bits per heavy atom. The van der Waals surface area contributed by atoms with Crippen LogP contribution >= 0.6 is 0 Å². The zero-order chi connectivity index (χ0) is 15.0. The van der Waals surface area contributed by atoms with Crippen LogP contribution < -0.4 is 10.6 Å². The maximum atomic E-state index is 11.7. The topological polar surface area (TPSA) is 50.4 Å². The number of carbonyl (C=O) groups is 1. The summed E-state index contributed by atoms with van der Waals surface area (Å²) in [4.78, 5) is 11.7. The van der Waals surface area contributed by atoms with E-state index >= 15 is 0 Å². The van der Waals surface area contributed by atoms with Crippen molar-refractivity contribution in [2.75, 3.05) is 6.54 Å². The molecule has 0 aliphatic heterocycles. The molecule has 20 heavy (non-hydrogen) atoms. The Labute approximate surface area is 123 Å². The lowest BCUT2D eigenvalue weighted by molar-refractivity contribution is 0.0490. The zero-order valence-corrected chi connectivity index (χ0v) is 13.2. The number of hydrogen-bond acceptors (Lipinski definition) is 3. The number of carbonyl (C=O) groups excluding carboxylic acids is 1. The molecule has 1 fully saturated rings. The van der Waals surface area contributed by atoms with Crippen molar-refractivity contribution >= 4 is 6.09 Å². The lowest BCUT2D eigenvalue weighted by atomic mass is 9.91. The van der Waals surface area contributed by atoms with Gasteiger partial charge in [-0.1, -0.05) is 0 Å². The van der Waals surface area contributed by atoms with Crippen LogP contribution in [0, 0.1) is 11.8 Å². The summed E-state index contributed by atoms with van der Waals surface area (Å²) in [6.45, 7) is 8.47. The van der Waals surface area contributed by atoms with Crippen LogP contribution in [0.3, 0.4) is 0 Å². The standard InChI is InChI=1S/C16H28N2O2/c1-5-6-7-12-17-13-8-10-14(11-9-13)18-15(19)20-16(2,3)4/h13-14,17H,7-12H2,1-4H3,(H,18,19). The van der Waals surface area contributed by atoms with E-state index in [-0.39, 0.29) is 12.1 Å². The summed E-state index contributed by atoms with van der Waals surface area (Å²) in [6, 6.07) is 0.809. The van der Waals surface area contributed by atoms with Gasteiger partial charge in [-0.3, -0.25) is 0 Å². The normalized spacial score (nSPS) is 22.6. The van der Waals surface area contributed by atoms with Crippen LogP contribution in [-0.2, 0) is 4.74 Å². The Balaban J connectivity index is 2.18. The van der Waals surface area contributed by atoms with Gasteiger partial charge in [0.15, 0.2) is 0 Å². The molecule has 0 atom stereocenters. The van der Waals surface area contributed by atoms with Crippen LogP contribution in [0.1, 0.15) is 59.8 Å². The summed E-state index contributed by atoms with van der Waals surface area (Å²) in [7, 11) is 0. The fourth-order valence-corrected chi connectivity index (χ4v) is 2.38. The van der Waals surface area contributed by atoms with Crippen molar-refractivity contribution in [1.82, 2.24) is 10.6 Å². The largest absolute Gasteiger partial charge is 0.444 e. The maximum Gasteiger partial charge on any atom is 0.407 e. The minimum Gasteiger partial charge on any atom is -0.444 e. The Morgan fingerprint density at radius 3 is 2.35 bits per heavy atom. The molecule has 4 nitrogen and oxygen atoms in total. The fraction of sp³-hybridized carbons (Fsp3) is 0.812. The first-order chi connectivity index (χ1) is 9.40. The second kappa shape index (κ2) is 8.16. The highest BCUT2D eigenvalue weighted by atomic mass is 16.6. The monoisotopic (exact) mass is 280 g/mol. The van der Waals surface area contributed by atoms with Gasteiger partial charge in [0.1, 0.15) is 5.60 Å². The van der Waals surface area contributed by atoms with E-state index in [1.165, 1.54) is 0 Å². The zero-order valence-electron chi connectivity index (χ0n) is 13.2. The molecular formula is C16H28N2O2. The van der Waals surface area contributed by atoms with Gasteiger partial charge in [-0.25, -0.2) is 4.79 Å². The Bertz CT molecular complexity index is 355. The van der Waals surface area contributed by atoms with E-state index in [1.807, 2.05) is 27.7 Å². The SMILES string of the molecule is CC#CCCNC1CCC(NC(=O)OC(C)(C)C)CC1. The van der Waals surface area contributed by atoms with E-state index in [9.17, 15) is 4.79 Å². The van der Waals surface area contributed by atoms with Gasteiger partial charge in [-0.2, -0.15) is 0 Å². The second-order valence-corrected chi connectivity index (χ2v) is 6.33. The van der Waals surface area contributed by atoms with Crippen LogP contribution in [0.25, 0.3) is 0 Å². The lowest BCUT2D eigenvalue weighted by Gasteiger charge is -2.30. The molecule has 0 aromatic heterocycles. The molecule has 114 valence electrons. The molecule has 0 radical (unpaired) electrons. The number of nitrogens with one attached hydrogen (secondary N) is 2. The van der Waals surface area contributed by atoms with Gasteiger partial charge >= 0.3 is 6.09 Å². The molecule has 0 aromatic rings. The van der Waals surface area contributed by atoms with E-state index in [1.54, 1.807) is 0 Å². The molecule has 1 amide bonds. The van der Waals surface area contributed by atoms with Crippen molar-refractivity contribution in [1.29, 1.82) is 0 Å². The second-order valence-electron chi connectivity index (χ2n) is 6.33. The molecular weight excluding hydrogens is 252 g/mol. The summed E-state index contributed by atoms with van der Waals surface area (Å²) in [5, 5.41) is 6.48. The van der Waals surface area contributed by atoms with Crippen molar-refractivity contribution in [3.8, 4) is 11.8 Å². The van der Waals surface area contributed by atoms with E-state index in [4.69, 9.17) is 4.74 Å². The van der Waals surface area contributed by atoms with Gasteiger partial charge in [0.05, 0.1) is 0 Å². The molecule has 0 heterocycles. The molecule has 0 saturated heterocycles. The molecule has 0 unspecified atom stereocenters. The summed E-state index contributed by atoms with van der Waals surface area (Å²) in [5.41, 5.74) is -0.427. The van der Waals surface area contributed by atoms with E-state index in [0.717, 1.165) is 38.6 Å². The quantitative estimate of drug-likeness (QED) is 0.615. The van der Waals surface area contributed by atoms with Gasteiger partial charge in [0.25, 0.3) is 0 Å². The summed E-state index contributed by atoms with van der Waals surface area (Å²) >= 11 is 0. The number of alkyl carbamates (subject to hydrolysis) is 1. The molecule has 0 bridgehead atoms. The molecule has 1 aliphatic rings. The van der Waals surface area contributed by atoms with E-state index < -0.39 is 5.60 Å². The lowest BCUT2D eigenvalue weighted by Crippen LogP contribution is -2.44. The van der Waals surface area contributed by atoms with Crippen LogP contribution in [0.4, 0.5) is 4.79 Å². The van der Waals surface area contributed by atoms with Gasteiger partial charge < -0.3 is 15.4 Å². The number of ether oxygens (including phenoxy) is 1. The third-order valence-corrected chi connectivity index (χ3v) is 3.31. The predicted molar refractivity (Wildman–Crippen MR) is 81.5 cm³/mol. The van der Waals surface area contributed by atoms with Gasteiger partial charge in [-0.15, -0.1) is 11.8 Å². The molecule has 0 spiro atoms. The smallest absolute Gasteiger partial charge is 0.407 e. The van der Waals surface area contributed by atoms with Gasteiger partial charge in [-0.05, 0) is 53.4 Å². The molecule has 0 aromatic carbocycles. The third-order valence-electron chi connectivity index (χ3n) is 3.31. The Hall–Kier alpha value is -1.21. The van der Waals surface area contributed by atoms with Crippen molar-refractivity contribution in [3.05, 3.63) is 0 Å². The van der Waals surface area contributed by atoms with Crippen molar-refractivity contribution in [2.24, 2.45) is 0 Å². The van der Waals surface area contributed by atoms with Crippen molar-refractivity contribution in [2.45, 2.75) is 77.5 Å². The molecule has 4 heteroatoms. The van der Waals surface area contributed by atoms with Crippen molar-refractivity contribution < 1.29 is 9.53 Å². The molecule has 1 aliphatic carbocycles. The summed E-state index contributed by atoms with van der Waals surface area (Å²) in [5.74, 6) is 5.96. The van der Waals surface area contributed by atoms with Gasteiger partial charge in [0, 0.05) is 25.0 Å². The average Bonchev–Trinajstić information content (AvgIpc) is 2.34. The average molecular weight is 280 g/mol. The molecule has 1 rings (SSSR count). The third kappa shape index (κ3) is 7.40. The minimum absolute atomic E-state index is 0.248. The van der Waals surface area contributed by atoms with Gasteiger partial charge in [0.2, 0.25) is 0 Å². The first-order valence-corrected chi connectivity index (χ1v) is 7.53. The number of rotatable bonds is 4. The van der Waals surface area contributed by atoms with Crippen LogP contribution in [0.5, 0.6) is 0 Å². The highest BCUT2D eigenvalue weighted by Crippen LogP contribution is 2.19. The Kier molecular flexibility index (Phi) is 6.87. The van der Waals surface area contributed by atoms with E-state index in [2.05, 4.69) is 22.5 Å². The first-order valence-electron chi connectivity index (χ1n) is 7.53. The predicted octanol–water partition coefficient (Wildman–Crippen LogP) is 2.83. The molecule has 2 N–H and O–H groups in total.